The first-order chi connectivity index (χ1) is 14.7. The minimum Gasteiger partial charge on any atom is -0.481 e. The van der Waals surface area contributed by atoms with Crippen LogP contribution < -0.4 is 0 Å². The molecule has 0 radical (unpaired) electrons. The van der Waals surface area contributed by atoms with Crippen molar-refractivity contribution >= 4 is 5.97 Å². The Hall–Kier alpha value is -0.530. The van der Waals surface area contributed by atoms with Gasteiger partial charge in [0.25, 0.3) is 0 Å². The van der Waals surface area contributed by atoms with Gasteiger partial charge in [-0.15, -0.1) is 0 Å². The van der Waals surface area contributed by atoms with E-state index in [2.05, 4.69) is 34.6 Å². The predicted molar refractivity (Wildman–Crippen MR) is 129 cm³/mol. The van der Waals surface area contributed by atoms with Crippen molar-refractivity contribution in [1.29, 1.82) is 0 Å². The molecule has 0 aromatic heterocycles. The van der Waals surface area contributed by atoms with Crippen LogP contribution in [0.1, 0.15) is 118 Å². The van der Waals surface area contributed by atoms with Gasteiger partial charge in [-0.25, -0.2) is 0 Å². The average Bonchev–Trinajstić information content (AvgIpc) is 3.05. The summed E-state index contributed by atoms with van der Waals surface area (Å²) in [7, 11) is 0. The molecule has 2 unspecified atom stereocenters. The van der Waals surface area contributed by atoms with E-state index in [9.17, 15) is 9.90 Å². The van der Waals surface area contributed by atoms with Gasteiger partial charge in [0.2, 0.25) is 0 Å². The Kier molecular flexibility index (Phi) is 6.87. The molecule has 4 aliphatic carbocycles. The zero-order valence-electron chi connectivity index (χ0n) is 21.2. The van der Waals surface area contributed by atoms with Crippen LogP contribution in [0.4, 0.5) is 0 Å². The van der Waals surface area contributed by atoms with E-state index in [1.807, 2.05) is 0 Å². The predicted octanol–water partition coefficient (Wildman–Crippen LogP) is 8.20. The standard InChI is InChI=1S/C29H50O2/c1-19(2)8-6-9-20(3)24-14-15-25-23-13-12-21-10-7-11-22(18-27(30)31)29(21,5)26(23)16-17-28(24,25)4/h19-26H,6-18H2,1-5H3,(H,30,31)/t20-,21?,22?,23+,24-,25+,26+,28-,29-/m1/s1. The van der Waals surface area contributed by atoms with Gasteiger partial charge < -0.3 is 5.11 Å². The summed E-state index contributed by atoms with van der Waals surface area (Å²) >= 11 is 0. The number of hydrogen-bond acceptors (Lipinski definition) is 1. The molecular weight excluding hydrogens is 380 g/mol. The molecule has 4 rings (SSSR count). The highest BCUT2D eigenvalue weighted by atomic mass is 16.4. The van der Waals surface area contributed by atoms with Gasteiger partial charge in [0.15, 0.2) is 0 Å². The van der Waals surface area contributed by atoms with Gasteiger partial charge in [-0.3, -0.25) is 4.79 Å². The second-order valence-electron chi connectivity index (χ2n) is 13.3. The average molecular weight is 431 g/mol. The maximum atomic E-state index is 11.7. The molecule has 0 heterocycles. The lowest BCUT2D eigenvalue weighted by atomic mass is 9.42. The summed E-state index contributed by atoms with van der Waals surface area (Å²) in [6, 6.07) is 0. The Morgan fingerprint density at radius 3 is 2.42 bits per heavy atom. The van der Waals surface area contributed by atoms with Crippen LogP contribution in [-0.2, 0) is 4.79 Å². The third kappa shape index (κ3) is 4.12. The molecule has 2 heteroatoms. The van der Waals surface area contributed by atoms with Crippen LogP contribution in [0.15, 0.2) is 0 Å². The molecule has 4 aliphatic rings. The quantitative estimate of drug-likeness (QED) is 0.442. The summed E-state index contributed by atoms with van der Waals surface area (Å²) in [6.07, 6.45) is 16.8. The van der Waals surface area contributed by atoms with E-state index in [1.54, 1.807) is 0 Å². The zero-order chi connectivity index (χ0) is 22.4. The topological polar surface area (TPSA) is 37.3 Å². The highest BCUT2D eigenvalue weighted by molar-refractivity contribution is 5.67. The van der Waals surface area contributed by atoms with E-state index in [-0.39, 0.29) is 5.41 Å². The van der Waals surface area contributed by atoms with Crippen molar-refractivity contribution in [3.05, 3.63) is 0 Å². The second-order valence-corrected chi connectivity index (χ2v) is 13.3. The molecule has 9 atom stereocenters. The molecule has 4 fully saturated rings. The van der Waals surface area contributed by atoms with Crippen LogP contribution in [0, 0.1) is 58.2 Å². The second kappa shape index (κ2) is 9.02. The maximum absolute atomic E-state index is 11.7. The first-order valence-electron chi connectivity index (χ1n) is 13.9. The minimum absolute atomic E-state index is 0.280. The molecule has 31 heavy (non-hydrogen) atoms. The number of fused-ring (bicyclic) bond motifs is 5. The molecule has 0 spiro atoms. The van der Waals surface area contributed by atoms with Gasteiger partial charge in [-0.2, -0.15) is 0 Å². The van der Waals surface area contributed by atoms with Gasteiger partial charge in [0.1, 0.15) is 0 Å². The molecular formula is C29H50O2. The molecule has 2 nitrogen and oxygen atoms in total. The lowest BCUT2D eigenvalue weighted by Gasteiger charge is -2.63. The van der Waals surface area contributed by atoms with Crippen LogP contribution in [0.3, 0.4) is 0 Å². The number of hydrogen-bond donors (Lipinski definition) is 1. The van der Waals surface area contributed by atoms with E-state index in [0.29, 0.717) is 17.8 Å². The Balaban J connectivity index is 1.51. The highest BCUT2D eigenvalue weighted by Crippen LogP contribution is 2.69. The maximum Gasteiger partial charge on any atom is 0.303 e. The van der Waals surface area contributed by atoms with E-state index < -0.39 is 5.97 Å². The molecule has 1 N–H and O–H groups in total. The lowest BCUT2D eigenvalue weighted by molar-refractivity contribution is -0.156. The first-order valence-corrected chi connectivity index (χ1v) is 13.9. The Morgan fingerprint density at radius 1 is 0.935 bits per heavy atom. The van der Waals surface area contributed by atoms with Crippen molar-refractivity contribution in [2.24, 2.45) is 58.2 Å². The zero-order valence-corrected chi connectivity index (χ0v) is 21.2. The normalized spacial score (nSPS) is 45.6. The van der Waals surface area contributed by atoms with Gasteiger partial charge in [-0.1, -0.05) is 60.3 Å². The molecule has 0 amide bonds. The van der Waals surface area contributed by atoms with Crippen molar-refractivity contribution in [1.82, 2.24) is 0 Å². The van der Waals surface area contributed by atoms with E-state index in [0.717, 1.165) is 47.8 Å². The van der Waals surface area contributed by atoms with Crippen LogP contribution >= 0.6 is 0 Å². The summed E-state index contributed by atoms with van der Waals surface area (Å²) in [5, 5.41) is 9.66. The molecule has 0 bridgehead atoms. The number of carboxylic acid groups (broad SMARTS) is 1. The molecule has 4 saturated carbocycles. The smallest absolute Gasteiger partial charge is 0.303 e. The van der Waals surface area contributed by atoms with Crippen molar-refractivity contribution in [2.75, 3.05) is 0 Å². The van der Waals surface area contributed by atoms with Crippen molar-refractivity contribution in [3.8, 4) is 0 Å². The third-order valence-corrected chi connectivity index (χ3v) is 11.6. The summed E-state index contributed by atoms with van der Waals surface area (Å²) in [6.45, 7) is 12.5. The molecule has 0 saturated heterocycles. The fourth-order valence-electron chi connectivity index (χ4n) is 10.0. The Labute approximate surface area is 192 Å². The van der Waals surface area contributed by atoms with Gasteiger partial charge in [0, 0.05) is 6.42 Å². The Morgan fingerprint density at radius 2 is 1.71 bits per heavy atom. The number of aliphatic carboxylic acids is 1. The SMILES string of the molecule is CC(C)CCC[C@@H](C)[C@H]1CC[C@H]2[C@@H]3CCC4CCCC(CC(=O)O)[C@]4(C)[C@H]3CC[C@]12C. The van der Waals surface area contributed by atoms with E-state index >= 15 is 0 Å². The fraction of sp³-hybridized carbons (Fsp3) is 0.966. The molecule has 0 aromatic rings. The number of carboxylic acids is 1. The Bertz CT molecular complexity index is 641. The fourth-order valence-corrected chi connectivity index (χ4v) is 10.0. The van der Waals surface area contributed by atoms with Crippen molar-refractivity contribution < 1.29 is 9.90 Å². The lowest BCUT2D eigenvalue weighted by Crippen LogP contribution is -2.56. The molecule has 0 aromatic carbocycles. The monoisotopic (exact) mass is 430 g/mol. The van der Waals surface area contributed by atoms with Gasteiger partial charge >= 0.3 is 5.97 Å². The largest absolute Gasteiger partial charge is 0.481 e. The van der Waals surface area contributed by atoms with E-state index in [1.165, 1.54) is 70.6 Å². The van der Waals surface area contributed by atoms with Crippen LogP contribution in [0.25, 0.3) is 0 Å². The molecule has 178 valence electrons. The summed E-state index contributed by atoms with van der Waals surface area (Å²) in [5.41, 5.74) is 0.820. The van der Waals surface area contributed by atoms with Crippen LogP contribution in [0.5, 0.6) is 0 Å². The molecule has 0 aliphatic heterocycles. The van der Waals surface area contributed by atoms with Crippen molar-refractivity contribution in [3.63, 3.8) is 0 Å². The van der Waals surface area contributed by atoms with Crippen molar-refractivity contribution in [2.45, 2.75) is 118 Å². The summed E-state index contributed by atoms with van der Waals surface area (Å²) in [4.78, 5) is 11.7. The van der Waals surface area contributed by atoms with Gasteiger partial charge in [0.05, 0.1) is 0 Å². The minimum atomic E-state index is -0.564. The van der Waals surface area contributed by atoms with Gasteiger partial charge in [-0.05, 0) is 110 Å². The third-order valence-electron chi connectivity index (χ3n) is 11.6. The number of carbonyl (C=O) groups is 1. The van der Waals surface area contributed by atoms with Crippen LogP contribution in [-0.4, -0.2) is 11.1 Å². The summed E-state index contributed by atoms with van der Waals surface area (Å²) < 4.78 is 0. The summed E-state index contributed by atoms with van der Waals surface area (Å²) in [5.74, 6) is 5.78. The number of rotatable bonds is 7. The highest BCUT2D eigenvalue weighted by Gasteiger charge is 2.61. The van der Waals surface area contributed by atoms with Crippen LogP contribution in [0.2, 0.25) is 0 Å². The first kappa shape index (κ1) is 23.6. The van der Waals surface area contributed by atoms with E-state index in [4.69, 9.17) is 0 Å².